The minimum absolute atomic E-state index is 0.108. The van der Waals surface area contributed by atoms with Crippen LogP contribution in [0, 0.1) is 0 Å². The van der Waals surface area contributed by atoms with Crippen molar-refractivity contribution >= 4 is 6.03 Å². The largest absolute Gasteiger partial charge is 0.393 e. The predicted octanol–water partition coefficient (Wildman–Crippen LogP) is 0.846. The first kappa shape index (κ1) is 9.46. The van der Waals surface area contributed by atoms with Gasteiger partial charge in [0.05, 0.1) is 6.10 Å². The number of piperidine rings is 1. The molecule has 0 spiro atoms. The number of carbonyl (C=O) groups excluding carboxylic acids is 1. The maximum atomic E-state index is 11.9. The van der Waals surface area contributed by atoms with Crippen LogP contribution in [-0.4, -0.2) is 40.3 Å². The van der Waals surface area contributed by atoms with E-state index >= 15 is 0 Å². The number of urea groups is 1. The Hall–Kier alpha value is -0.770. The average Bonchev–Trinajstić information content (AvgIpc) is 2.93. The normalized spacial score (nSPS) is 39.3. The standard InChI is InChI=1S/C11H18N2O2/c14-10-5-8-3-4-9(6-10)13(8)11(15)12-7-1-2-7/h7-10,14H,1-6H2,(H,12,15). The summed E-state index contributed by atoms with van der Waals surface area (Å²) in [6.07, 6.45) is 5.77. The van der Waals surface area contributed by atoms with E-state index in [4.69, 9.17) is 0 Å². The van der Waals surface area contributed by atoms with E-state index in [1.54, 1.807) is 0 Å². The summed E-state index contributed by atoms with van der Waals surface area (Å²) in [5.41, 5.74) is 0. The molecule has 15 heavy (non-hydrogen) atoms. The van der Waals surface area contributed by atoms with Crippen LogP contribution in [0.4, 0.5) is 4.79 Å². The summed E-state index contributed by atoms with van der Waals surface area (Å²) in [7, 11) is 0. The second-order valence-corrected chi connectivity index (χ2v) is 5.14. The molecule has 2 heterocycles. The quantitative estimate of drug-likeness (QED) is 0.674. The summed E-state index contributed by atoms with van der Waals surface area (Å²) in [5.74, 6) is 0. The third-order valence-electron chi connectivity index (χ3n) is 3.85. The van der Waals surface area contributed by atoms with Crippen molar-refractivity contribution in [3.63, 3.8) is 0 Å². The molecule has 4 nitrogen and oxygen atoms in total. The molecule has 2 aliphatic heterocycles. The number of nitrogens with zero attached hydrogens (tertiary/aromatic N) is 1. The predicted molar refractivity (Wildman–Crippen MR) is 55.4 cm³/mol. The molecule has 2 N–H and O–H groups in total. The van der Waals surface area contributed by atoms with Gasteiger partial charge in [-0.3, -0.25) is 0 Å². The van der Waals surface area contributed by atoms with Gasteiger partial charge in [0.1, 0.15) is 0 Å². The smallest absolute Gasteiger partial charge is 0.318 e. The average molecular weight is 210 g/mol. The number of nitrogens with one attached hydrogen (secondary N) is 1. The summed E-state index contributed by atoms with van der Waals surface area (Å²) in [5, 5.41) is 12.7. The molecule has 1 aliphatic carbocycles. The van der Waals surface area contributed by atoms with Crippen LogP contribution in [0.5, 0.6) is 0 Å². The van der Waals surface area contributed by atoms with E-state index in [1.807, 2.05) is 4.90 Å². The number of hydrogen-bond acceptors (Lipinski definition) is 2. The van der Waals surface area contributed by atoms with Crippen molar-refractivity contribution in [2.45, 2.75) is 62.8 Å². The van der Waals surface area contributed by atoms with Gasteiger partial charge in [0.15, 0.2) is 0 Å². The molecule has 0 aromatic carbocycles. The van der Waals surface area contributed by atoms with Crippen molar-refractivity contribution in [2.75, 3.05) is 0 Å². The van der Waals surface area contributed by atoms with Gasteiger partial charge in [0, 0.05) is 18.1 Å². The van der Waals surface area contributed by atoms with E-state index in [0.29, 0.717) is 6.04 Å². The number of aliphatic hydroxyl groups excluding tert-OH is 1. The molecule has 3 aliphatic rings. The molecular formula is C11H18N2O2. The molecule has 84 valence electrons. The molecule has 2 bridgehead atoms. The van der Waals surface area contributed by atoms with E-state index in [0.717, 1.165) is 38.5 Å². The summed E-state index contributed by atoms with van der Waals surface area (Å²) >= 11 is 0. The fourth-order valence-electron chi connectivity index (χ4n) is 2.96. The molecule has 3 rings (SSSR count). The maximum Gasteiger partial charge on any atom is 0.318 e. The Kier molecular flexibility index (Phi) is 2.12. The Morgan fingerprint density at radius 3 is 2.27 bits per heavy atom. The Labute approximate surface area is 89.6 Å². The third kappa shape index (κ3) is 1.71. The van der Waals surface area contributed by atoms with Gasteiger partial charge in [-0.25, -0.2) is 4.79 Å². The van der Waals surface area contributed by atoms with Crippen LogP contribution in [0.1, 0.15) is 38.5 Å². The number of fused-ring (bicyclic) bond motifs is 2. The lowest BCUT2D eigenvalue weighted by Gasteiger charge is -2.37. The Balaban J connectivity index is 1.67. The van der Waals surface area contributed by atoms with E-state index in [2.05, 4.69) is 5.32 Å². The van der Waals surface area contributed by atoms with Crippen molar-refractivity contribution in [3.05, 3.63) is 0 Å². The van der Waals surface area contributed by atoms with Gasteiger partial charge in [0.2, 0.25) is 0 Å². The number of hydrogen-bond donors (Lipinski definition) is 2. The molecule has 2 atom stereocenters. The molecule has 3 fully saturated rings. The maximum absolute atomic E-state index is 11.9. The molecule has 4 heteroatoms. The van der Waals surface area contributed by atoms with Crippen LogP contribution in [-0.2, 0) is 0 Å². The minimum atomic E-state index is -0.188. The second-order valence-electron chi connectivity index (χ2n) is 5.14. The Bertz CT molecular complexity index is 264. The summed E-state index contributed by atoms with van der Waals surface area (Å²) in [4.78, 5) is 13.9. The van der Waals surface area contributed by atoms with Crippen molar-refractivity contribution in [1.82, 2.24) is 10.2 Å². The van der Waals surface area contributed by atoms with E-state index in [-0.39, 0.29) is 24.2 Å². The first-order valence-electron chi connectivity index (χ1n) is 6.01. The fourth-order valence-corrected chi connectivity index (χ4v) is 2.96. The van der Waals surface area contributed by atoms with Gasteiger partial charge >= 0.3 is 6.03 Å². The van der Waals surface area contributed by atoms with Crippen molar-refractivity contribution in [1.29, 1.82) is 0 Å². The molecule has 0 aromatic heterocycles. The SMILES string of the molecule is O=C(NC1CC1)N1C2CCC1CC(O)C2. The second kappa shape index (κ2) is 3.37. The zero-order valence-electron chi connectivity index (χ0n) is 8.85. The number of carbonyl (C=O) groups is 1. The molecule has 1 saturated carbocycles. The lowest BCUT2D eigenvalue weighted by Crippen LogP contribution is -2.52. The zero-order chi connectivity index (χ0) is 10.4. The van der Waals surface area contributed by atoms with E-state index in [1.165, 1.54) is 0 Å². The lowest BCUT2D eigenvalue weighted by molar-refractivity contribution is 0.0541. The van der Waals surface area contributed by atoms with E-state index in [9.17, 15) is 9.90 Å². The number of aliphatic hydroxyl groups is 1. The first-order valence-corrected chi connectivity index (χ1v) is 6.01. The minimum Gasteiger partial charge on any atom is -0.393 e. The molecule has 0 radical (unpaired) electrons. The molecular weight excluding hydrogens is 192 g/mol. The van der Waals surface area contributed by atoms with Gasteiger partial charge < -0.3 is 15.3 Å². The highest BCUT2D eigenvalue weighted by molar-refractivity contribution is 5.76. The number of rotatable bonds is 1. The van der Waals surface area contributed by atoms with Crippen molar-refractivity contribution in [3.8, 4) is 0 Å². The molecule has 2 saturated heterocycles. The van der Waals surface area contributed by atoms with E-state index < -0.39 is 0 Å². The van der Waals surface area contributed by atoms with Gasteiger partial charge in [-0.1, -0.05) is 0 Å². The summed E-state index contributed by atoms with van der Waals surface area (Å²) in [6.45, 7) is 0. The van der Waals surface area contributed by atoms with Gasteiger partial charge in [0.25, 0.3) is 0 Å². The van der Waals surface area contributed by atoms with Gasteiger partial charge in [-0.15, -0.1) is 0 Å². The lowest BCUT2D eigenvalue weighted by atomic mass is 10.0. The first-order chi connectivity index (χ1) is 7.24. The Morgan fingerprint density at radius 2 is 1.73 bits per heavy atom. The summed E-state index contributed by atoms with van der Waals surface area (Å²) < 4.78 is 0. The Morgan fingerprint density at radius 1 is 1.13 bits per heavy atom. The van der Waals surface area contributed by atoms with Crippen LogP contribution in [0.3, 0.4) is 0 Å². The topological polar surface area (TPSA) is 52.6 Å². The highest BCUT2D eigenvalue weighted by Gasteiger charge is 2.43. The third-order valence-corrected chi connectivity index (χ3v) is 3.85. The van der Waals surface area contributed by atoms with Gasteiger partial charge in [-0.05, 0) is 38.5 Å². The van der Waals surface area contributed by atoms with Crippen molar-refractivity contribution < 1.29 is 9.90 Å². The fraction of sp³-hybridized carbons (Fsp3) is 0.909. The molecule has 2 unspecified atom stereocenters. The van der Waals surface area contributed by atoms with Gasteiger partial charge in [-0.2, -0.15) is 0 Å². The summed E-state index contributed by atoms with van der Waals surface area (Å²) in [6, 6.07) is 1.12. The van der Waals surface area contributed by atoms with Crippen LogP contribution >= 0.6 is 0 Å². The zero-order valence-corrected chi connectivity index (χ0v) is 8.85. The van der Waals surface area contributed by atoms with Crippen molar-refractivity contribution in [2.24, 2.45) is 0 Å². The van der Waals surface area contributed by atoms with Crippen LogP contribution in [0.2, 0.25) is 0 Å². The van der Waals surface area contributed by atoms with Crippen LogP contribution in [0.25, 0.3) is 0 Å². The van der Waals surface area contributed by atoms with Crippen LogP contribution in [0.15, 0.2) is 0 Å². The number of amides is 2. The molecule has 0 aromatic rings. The van der Waals surface area contributed by atoms with Crippen LogP contribution < -0.4 is 5.32 Å². The molecule has 2 amide bonds. The monoisotopic (exact) mass is 210 g/mol. The highest BCUT2D eigenvalue weighted by Crippen LogP contribution is 2.36. The highest BCUT2D eigenvalue weighted by atomic mass is 16.3.